The Balaban J connectivity index is 1.65. The van der Waals surface area contributed by atoms with Crippen molar-refractivity contribution in [2.75, 3.05) is 46.5 Å². The van der Waals surface area contributed by atoms with Crippen LogP contribution in [0.2, 0.25) is 0 Å². The van der Waals surface area contributed by atoms with Crippen molar-refractivity contribution in [2.45, 2.75) is 25.1 Å². The zero-order valence-corrected chi connectivity index (χ0v) is 13.5. The van der Waals surface area contributed by atoms with E-state index in [1.54, 1.807) is 7.11 Å². The number of hydrogen-bond acceptors (Lipinski definition) is 4. The standard InChI is InChI=1S/C17H24F2N2O2/c1-22-8-6-21-7-9-23-17-4-5-20(12-16(17)21)11-13-10-14(18)2-3-15(13)19/h2-3,10,16-17H,4-9,11-12H2,1H3/t16-,17-/m0/s1. The van der Waals surface area contributed by atoms with E-state index in [-0.39, 0.29) is 17.7 Å². The molecular weight excluding hydrogens is 302 g/mol. The van der Waals surface area contributed by atoms with Gasteiger partial charge in [-0.2, -0.15) is 0 Å². The summed E-state index contributed by atoms with van der Waals surface area (Å²) in [4.78, 5) is 4.58. The first-order valence-electron chi connectivity index (χ1n) is 8.18. The van der Waals surface area contributed by atoms with Gasteiger partial charge in [-0.25, -0.2) is 8.78 Å². The molecular formula is C17H24F2N2O2. The SMILES string of the molecule is COCCN1CCO[C@H]2CCN(Cc3cc(F)ccc3F)C[C@@H]21. The predicted octanol–water partition coefficient (Wildman–Crippen LogP) is 1.89. The van der Waals surface area contributed by atoms with Crippen LogP contribution in [0.25, 0.3) is 0 Å². The Bertz CT molecular complexity index is 529. The molecule has 0 N–H and O–H groups in total. The Morgan fingerprint density at radius 3 is 3.00 bits per heavy atom. The largest absolute Gasteiger partial charge is 0.383 e. The number of ether oxygens (including phenoxy) is 2. The maximum Gasteiger partial charge on any atom is 0.127 e. The van der Waals surface area contributed by atoms with Crippen molar-refractivity contribution in [2.24, 2.45) is 0 Å². The summed E-state index contributed by atoms with van der Waals surface area (Å²) in [7, 11) is 1.71. The van der Waals surface area contributed by atoms with Gasteiger partial charge in [-0.3, -0.25) is 9.80 Å². The number of nitrogens with zero attached hydrogens (tertiary/aromatic N) is 2. The van der Waals surface area contributed by atoms with Gasteiger partial charge in [0, 0.05) is 51.4 Å². The predicted molar refractivity (Wildman–Crippen MR) is 83.2 cm³/mol. The maximum atomic E-state index is 13.9. The van der Waals surface area contributed by atoms with E-state index in [1.807, 2.05) is 0 Å². The summed E-state index contributed by atoms with van der Waals surface area (Å²) < 4.78 is 38.3. The van der Waals surface area contributed by atoms with Gasteiger partial charge in [0.1, 0.15) is 11.6 Å². The average molecular weight is 326 g/mol. The highest BCUT2D eigenvalue weighted by Gasteiger charge is 2.36. The zero-order valence-electron chi connectivity index (χ0n) is 13.5. The third-order valence-electron chi connectivity index (χ3n) is 4.77. The van der Waals surface area contributed by atoms with Crippen molar-refractivity contribution in [3.8, 4) is 0 Å². The summed E-state index contributed by atoms with van der Waals surface area (Å²) in [5.41, 5.74) is 0.420. The van der Waals surface area contributed by atoms with Crippen LogP contribution in [0.3, 0.4) is 0 Å². The van der Waals surface area contributed by atoms with Gasteiger partial charge >= 0.3 is 0 Å². The van der Waals surface area contributed by atoms with Crippen molar-refractivity contribution < 1.29 is 18.3 Å². The molecule has 0 unspecified atom stereocenters. The lowest BCUT2D eigenvalue weighted by Crippen LogP contribution is -2.60. The third-order valence-corrected chi connectivity index (χ3v) is 4.77. The first-order valence-corrected chi connectivity index (χ1v) is 8.18. The van der Waals surface area contributed by atoms with E-state index < -0.39 is 0 Å². The van der Waals surface area contributed by atoms with Gasteiger partial charge in [0.05, 0.1) is 19.3 Å². The number of halogens is 2. The van der Waals surface area contributed by atoms with E-state index in [9.17, 15) is 8.78 Å². The lowest BCUT2D eigenvalue weighted by atomic mass is 9.98. The van der Waals surface area contributed by atoms with Crippen LogP contribution in [0.5, 0.6) is 0 Å². The Morgan fingerprint density at radius 1 is 1.30 bits per heavy atom. The minimum atomic E-state index is -0.390. The molecule has 2 atom stereocenters. The molecule has 0 radical (unpaired) electrons. The molecule has 0 aromatic heterocycles. The van der Waals surface area contributed by atoms with Crippen LogP contribution in [-0.2, 0) is 16.0 Å². The molecule has 128 valence electrons. The second-order valence-corrected chi connectivity index (χ2v) is 6.26. The van der Waals surface area contributed by atoms with Crippen LogP contribution in [0, 0.1) is 11.6 Å². The molecule has 0 amide bonds. The molecule has 1 aromatic rings. The highest BCUT2D eigenvalue weighted by atomic mass is 19.1. The van der Waals surface area contributed by atoms with Crippen molar-refractivity contribution in [1.29, 1.82) is 0 Å². The van der Waals surface area contributed by atoms with Crippen LogP contribution < -0.4 is 0 Å². The number of methoxy groups -OCH3 is 1. The minimum Gasteiger partial charge on any atom is -0.383 e. The smallest absolute Gasteiger partial charge is 0.127 e. The first kappa shape index (κ1) is 16.8. The molecule has 2 aliphatic heterocycles. The summed E-state index contributed by atoms with van der Waals surface area (Å²) in [6.45, 7) is 5.31. The molecule has 0 bridgehead atoms. The molecule has 2 fully saturated rings. The van der Waals surface area contributed by atoms with Gasteiger partial charge in [-0.1, -0.05) is 0 Å². The quantitative estimate of drug-likeness (QED) is 0.825. The molecule has 23 heavy (non-hydrogen) atoms. The van der Waals surface area contributed by atoms with Gasteiger partial charge in [0.15, 0.2) is 0 Å². The second-order valence-electron chi connectivity index (χ2n) is 6.26. The number of benzene rings is 1. The van der Waals surface area contributed by atoms with Gasteiger partial charge in [-0.05, 0) is 24.6 Å². The van der Waals surface area contributed by atoms with E-state index in [4.69, 9.17) is 9.47 Å². The first-order chi connectivity index (χ1) is 11.2. The van der Waals surface area contributed by atoms with Gasteiger partial charge in [0.25, 0.3) is 0 Å². The fourth-order valence-electron chi connectivity index (χ4n) is 3.54. The van der Waals surface area contributed by atoms with Crippen LogP contribution in [0.1, 0.15) is 12.0 Å². The van der Waals surface area contributed by atoms with Gasteiger partial charge < -0.3 is 9.47 Å². The molecule has 3 rings (SSSR count). The van der Waals surface area contributed by atoms with E-state index >= 15 is 0 Å². The molecule has 1 aromatic carbocycles. The Labute approximate surface area is 136 Å². The van der Waals surface area contributed by atoms with E-state index in [0.717, 1.165) is 45.3 Å². The molecule has 4 nitrogen and oxygen atoms in total. The molecule has 0 aliphatic carbocycles. The number of likely N-dealkylation sites (tertiary alicyclic amines) is 1. The fraction of sp³-hybridized carbons (Fsp3) is 0.647. The lowest BCUT2D eigenvalue weighted by Gasteiger charge is -2.47. The second kappa shape index (κ2) is 7.66. The van der Waals surface area contributed by atoms with Crippen LogP contribution in [0.4, 0.5) is 8.78 Å². The third kappa shape index (κ3) is 4.07. The normalized spacial score (nSPS) is 26.2. The Hall–Kier alpha value is -1.08. The molecule has 0 spiro atoms. The molecule has 2 heterocycles. The summed E-state index contributed by atoms with van der Waals surface area (Å²) in [5, 5.41) is 0. The minimum absolute atomic E-state index is 0.231. The molecule has 2 saturated heterocycles. The van der Waals surface area contributed by atoms with Crippen molar-refractivity contribution in [1.82, 2.24) is 9.80 Å². The van der Waals surface area contributed by atoms with E-state index in [0.29, 0.717) is 24.8 Å². The number of hydrogen-bond donors (Lipinski definition) is 0. The van der Waals surface area contributed by atoms with Gasteiger partial charge in [0.2, 0.25) is 0 Å². The number of piperidine rings is 1. The van der Waals surface area contributed by atoms with Gasteiger partial charge in [-0.15, -0.1) is 0 Å². The monoisotopic (exact) mass is 326 g/mol. The number of fused-ring (bicyclic) bond motifs is 1. The highest BCUT2D eigenvalue weighted by molar-refractivity contribution is 5.18. The van der Waals surface area contributed by atoms with E-state index in [1.165, 1.54) is 12.1 Å². The molecule has 0 saturated carbocycles. The topological polar surface area (TPSA) is 24.9 Å². The zero-order chi connectivity index (χ0) is 16.2. The lowest BCUT2D eigenvalue weighted by molar-refractivity contribution is -0.107. The number of rotatable bonds is 5. The number of morpholine rings is 1. The van der Waals surface area contributed by atoms with E-state index in [2.05, 4.69) is 9.80 Å². The molecule has 2 aliphatic rings. The summed E-state index contributed by atoms with van der Waals surface area (Å²) in [5.74, 6) is -0.733. The summed E-state index contributed by atoms with van der Waals surface area (Å²) in [6.07, 6.45) is 1.15. The highest BCUT2D eigenvalue weighted by Crippen LogP contribution is 2.24. The van der Waals surface area contributed by atoms with Crippen molar-refractivity contribution >= 4 is 0 Å². The molecule has 6 heteroatoms. The van der Waals surface area contributed by atoms with Crippen LogP contribution in [-0.4, -0.2) is 68.4 Å². The fourth-order valence-corrected chi connectivity index (χ4v) is 3.54. The van der Waals surface area contributed by atoms with Crippen LogP contribution >= 0.6 is 0 Å². The van der Waals surface area contributed by atoms with Crippen molar-refractivity contribution in [3.63, 3.8) is 0 Å². The Kier molecular flexibility index (Phi) is 5.58. The summed E-state index contributed by atoms with van der Waals surface area (Å²) >= 11 is 0. The summed E-state index contributed by atoms with van der Waals surface area (Å²) in [6, 6.07) is 3.95. The van der Waals surface area contributed by atoms with Crippen molar-refractivity contribution in [3.05, 3.63) is 35.4 Å². The van der Waals surface area contributed by atoms with Crippen LogP contribution in [0.15, 0.2) is 18.2 Å². The maximum absolute atomic E-state index is 13.9. The Morgan fingerprint density at radius 2 is 2.17 bits per heavy atom. The average Bonchev–Trinajstić information content (AvgIpc) is 2.56.